The zero-order valence-corrected chi connectivity index (χ0v) is 26.8. The minimum absolute atomic E-state index is 0.300. The number of hydrogen-bond donors (Lipinski definition) is 0. The van der Waals surface area contributed by atoms with Gasteiger partial charge in [0.15, 0.2) is 5.76 Å². The third-order valence-corrected chi connectivity index (χ3v) is 8.29. The van der Waals surface area contributed by atoms with Gasteiger partial charge >= 0.3 is 0 Å². The van der Waals surface area contributed by atoms with Crippen LogP contribution in [0.5, 0.6) is 5.75 Å². The van der Waals surface area contributed by atoms with E-state index in [1.165, 1.54) is 4.68 Å². The fourth-order valence-corrected chi connectivity index (χ4v) is 6.26. The number of furan rings is 1. The number of rotatable bonds is 6. The number of para-hydroxylation sites is 1. The van der Waals surface area contributed by atoms with Crippen LogP contribution in [-0.2, 0) is 6.61 Å². The molecule has 0 spiro atoms. The number of benzene rings is 4. The molecule has 6 nitrogen and oxygen atoms in total. The van der Waals surface area contributed by atoms with Gasteiger partial charge < -0.3 is 9.15 Å². The molecule has 0 bridgehead atoms. The van der Waals surface area contributed by atoms with Crippen LogP contribution in [0, 0.1) is 0 Å². The minimum Gasteiger partial charge on any atom is -0.487 e. The Morgan fingerprint density at radius 1 is 0.875 bits per heavy atom. The first-order chi connectivity index (χ1) is 19.4. The summed E-state index contributed by atoms with van der Waals surface area (Å²) in [7, 11) is 0. The van der Waals surface area contributed by atoms with E-state index in [-0.39, 0.29) is 5.56 Å². The molecule has 10 heteroatoms. The third-order valence-electron chi connectivity index (χ3n) is 6.09. The van der Waals surface area contributed by atoms with Crippen molar-refractivity contribution in [2.75, 3.05) is 0 Å². The van der Waals surface area contributed by atoms with E-state index in [0.717, 1.165) is 34.4 Å². The summed E-state index contributed by atoms with van der Waals surface area (Å²) >= 11 is 14.2. The van der Waals surface area contributed by atoms with E-state index < -0.39 is 0 Å². The van der Waals surface area contributed by atoms with E-state index in [2.05, 4.69) is 68.8 Å². The number of aromatic nitrogens is 2. The van der Waals surface area contributed by atoms with Gasteiger partial charge in [-0.1, -0.05) is 56.1 Å². The Labute approximate surface area is 262 Å². The van der Waals surface area contributed by atoms with Crippen molar-refractivity contribution in [1.29, 1.82) is 0 Å². The van der Waals surface area contributed by atoms with Crippen molar-refractivity contribution >= 4 is 91.8 Å². The molecule has 0 aliphatic carbocycles. The molecule has 0 N–H and O–H groups in total. The Bertz CT molecular complexity index is 1960. The fraction of sp³-hybridized carbons (Fsp3) is 0.0333. The summed E-state index contributed by atoms with van der Waals surface area (Å²) in [6.45, 7) is 0.410. The molecule has 4 aromatic carbocycles. The van der Waals surface area contributed by atoms with E-state index in [1.807, 2.05) is 66.7 Å². The second kappa shape index (κ2) is 11.4. The minimum atomic E-state index is -0.300. The molecule has 0 aliphatic heterocycles. The number of hydrogen-bond acceptors (Lipinski definition) is 5. The highest BCUT2D eigenvalue weighted by atomic mass is 79.9. The van der Waals surface area contributed by atoms with Crippen LogP contribution in [0.3, 0.4) is 0 Å². The highest BCUT2D eigenvalue weighted by Crippen LogP contribution is 2.35. The molecule has 198 valence electrons. The number of nitrogens with zero attached hydrogens (tertiary/aromatic N) is 3. The van der Waals surface area contributed by atoms with Crippen molar-refractivity contribution in [2.24, 2.45) is 5.10 Å². The van der Waals surface area contributed by atoms with Crippen molar-refractivity contribution in [2.45, 2.75) is 6.61 Å². The van der Waals surface area contributed by atoms with Crippen LogP contribution in [0.2, 0.25) is 0 Å². The molecule has 0 fully saturated rings. The summed E-state index contributed by atoms with van der Waals surface area (Å²) in [6, 6.07) is 26.5. The maximum atomic E-state index is 13.6. The summed E-state index contributed by atoms with van der Waals surface area (Å²) < 4.78 is 16.8. The molecule has 2 aromatic heterocycles. The highest BCUT2D eigenvalue weighted by molar-refractivity contribution is 9.11. The zero-order valence-electron chi connectivity index (χ0n) is 20.4. The smallest absolute Gasteiger partial charge is 0.282 e. The number of fused-ring (bicyclic) bond motifs is 2. The molecular weight excluding hydrogens is 770 g/mol. The Hall–Kier alpha value is -3.05. The Morgan fingerprint density at radius 3 is 2.38 bits per heavy atom. The first-order valence-corrected chi connectivity index (χ1v) is 15.1. The third kappa shape index (κ3) is 5.58. The predicted octanol–water partition coefficient (Wildman–Crippen LogP) is 9.32. The molecule has 0 radical (unpaired) electrons. The molecule has 6 rings (SSSR count). The van der Waals surface area contributed by atoms with Crippen molar-refractivity contribution in [1.82, 2.24) is 9.66 Å². The van der Waals surface area contributed by atoms with Crippen LogP contribution in [0.4, 0.5) is 0 Å². The monoisotopic (exact) mass is 783 g/mol. The molecule has 0 saturated heterocycles. The van der Waals surface area contributed by atoms with E-state index in [4.69, 9.17) is 14.1 Å². The van der Waals surface area contributed by atoms with Crippen molar-refractivity contribution in [3.63, 3.8) is 0 Å². The first kappa shape index (κ1) is 27.1. The van der Waals surface area contributed by atoms with Crippen LogP contribution in [-0.4, -0.2) is 15.9 Å². The van der Waals surface area contributed by atoms with Gasteiger partial charge in [-0.2, -0.15) is 9.78 Å². The molecule has 0 saturated carbocycles. The molecule has 0 atom stereocenters. The highest BCUT2D eigenvalue weighted by Gasteiger charge is 2.17. The van der Waals surface area contributed by atoms with Gasteiger partial charge in [0.2, 0.25) is 5.82 Å². The second-order valence-electron chi connectivity index (χ2n) is 8.84. The quantitative estimate of drug-likeness (QED) is 0.158. The van der Waals surface area contributed by atoms with E-state index in [9.17, 15) is 4.79 Å². The average molecular weight is 787 g/mol. The topological polar surface area (TPSA) is 69.6 Å². The molecule has 6 aromatic rings. The lowest BCUT2D eigenvalue weighted by Gasteiger charge is -2.12. The normalized spacial score (nSPS) is 11.6. The van der Waals surface area contributed by atoms with E-state index in [0.29, 0.717) is 40.4 Å². The van der Waals surface area contributed by atoms with Crippen LogP contribution < -0.4 is 10.3 Å². The average Bonchev–Trinajstić information content (AvgIpc) is 3.36. The van der Waals surface area contributed by atoms with Crippen LogP contribution in [0.25, 0.3) is 33.5 Å². The molecule has 0 aliphatic rings. The lowest BCUT2D eigenvalue weighted by molar-refractivity contribution is 0.302. The standard InChI is InChI=1S/C30H17Br4N3O3/c31-20-7-5-17(6-8-20)16-39-28-23(33)11-18(12-24(28)34)15-35-37-29(36-25-4-2-1-3-22(25)30(37)38)27-14-19-13-21(32)9-10-26(19)40-27/h1-15H,16H2. The van der Waals surface area contributed by atoms with E-state index in [1.54, 1.807) is 24.4 Å². The first-order valence-electron chi connectivity index (χ1n) is 12.0. The Morgan fingerprint density at radius 2 is 1.60 bits per heavy atom. The van der Waals surface area contributed by atoms with Crippen molar-refractivity contribution in [3.8, 4) is 17.3 Å². The Balaban J connectivity index is 1.37. The summed E-state index contributed by atoms with van der Waals surface area (Å²) in [5, 5.41) is 5.91. The van der Waals surface area contributed by atoms with Gasteiger partial charge in [-0.15, -0.1) is 0 Å². The largest absolute Gasteiger partial charge is 0.487 e. The summed E-state index contributed by atoms with van der Waals surface area (Å²) in [6.07, 6.45) is 1.61. The van der Waals surface area contributed by atoms with Gasteiger partial charge in [0.05, 0.1) is 26.1 Å². The van der Waals surface area contributed by atoms with Crippen molar-refractivity contribution < 1.29 is 9.15 Å². The van der Waals surface area contributed by atoms with Gasteiger partial charge in [-0.3, -0.25) is 4.79 Å². The molecule has 40 heavy (non-hydrogen) atoms. The molecular formula is C30H17Br4N3O3. The van der Waals surface area contributed by atoms with Gasteiger partial charge in [0.25, 0.3) is 5.56 Å². The van der Waals surface area contributed by atoms with Crippen LogP contribution >= 0.6 is 63.7 Å². The maximum absolute atomic E-state index is 13.6. The molecule has 2 heterocycles. The predicted molar refractivity (Wildman–Crippen MR) is 172 cm³/mol. The van der Waals surface area contributed by atoms with Gasteiger partial charge in [-0.05, 0) is 104 Å². The zero-order chi connectivity index (χ0) is 27.8. The number of halogens is 4. The Kier molecular flexibility index (Phi) is 7.76. The summed E-state index contributed by atoms with van der Waals surface area (Å²) in [5.74, 6) is 1.41. The van der Waals surface area contributed by atoms with Crippen LogP contribution in [0.15, 0.2) is 117 Å². The van der Waals surface area contributed by atoms with Gasteiger partial charge in [-0.25, -0.2) is 4.98 Å². The summed E-state index contributed by atoms with van der Waals surface area (Å²) in [5.41, 5.74) is 2.73. The van der Waals surface area contributed by atoms with Crippen LogP contribution in [0.1, 0.15) is 11.1 Å². The lowest BCUT2D eigenvalue weighted by Crippen LogP contribution is -2.20. The fourth-order valence-electron chi connectivity index (χ4n) is 4.17. The van der Waals surface area contributed by atoms with Gasteiger partial charge in [0.1, 0.15) is 17.9 Å². The van der Waals surface area contributed by atoms with Crippen molar-refractivity contribution in [3.05, 3.63) is 124 Å². The molecule has 0 amide bonds. The molecule has 0 unspecified atom stereocenters. The number of ether oxygens (including phenoxy) is 1. The van der Waals surface area contributed by atoms with Gasteiger partial charge in [0, 0.05) is 14.3 Å². The lowest BCUT2D eigenvalue weighted by atomic mass is 10.2. The SMILES string of the molecule is O=c1c2ccccc2nc(-c2cc3cc(Br)ccc3o2)n1N=Cc1cc(Br)c(OCc2ccc(Br)cc2)c(Br)c1. The second-order valence-corrected chi connectivity index (χ2v) is 12.4. The maximum Gasteiger partial charge on any atom is 0.282 e. The van der Waals surface area contributed by atoms with E-state index >= 15 is 0 Å². The summed E-state index contributed by atoms with van der Waals surface area (Å²) in [4.78, 5) is 18.3.